The Kier molecular flexibility index (Phi) is 4.22. The van der Waals surface area contributed by atoms with Gasteiger partial charge in [-0.3, -0.25) is 0 Å². The molecule has 2 fully saturated rings. The summed E-state index contributed by atoms with van der Waals surface area (Å²) in [6.07, 6.45) is 5.40. The van der Waals surface area contributed by atoms with Crippen molar-refractivity contribution < 1.29 is 4.74 Å². The summed E-state index contributed by atoms with van der Waals surface area (Å²) in [6, 6.07) is 1.14. The maximum atomic E-state index is 5.47. The molecule has 1 saturated heterocycles. The lowest BCUT2D eigenvalue weighted by atomic mass is 9.70. The Morgan fingerprint density at radius 1 is 1.50 bits per heavy atom. The Hall–Kier alpha value is -0.120. The molecule has 0 aromatic carbocycles. The van der Waals surface area contributed by atoms with Crippen LogP contribution < -0.4 is 10.6 Å². The zero-order valence-corrected chi connectivity index (χ0v) is 10.7. The second-order valence-corrected chi connectivity index (χ2v) is 5.91. The molecule has 0 radical (unpaired) electrons. The van der Waals surface area contributed by atoms with Crippen molar-refractivity contribution in [3.8, 4) is 0 Å². The molecule has 2 unspecified atom stereocenters. The second kappa shape index (κ2) is 5.48. The number of ether oxygens (including phenoxy) is 1. The Bertz CT molecular complexity index is 210. The van der Waals surface area contributed by atoms with Crippen molar-refractivity contribution in [2.24, 2.45) is 5.41 Å². The van der Waals surface area contributed by atoms with E-state index < -0.39 is 0 Å². The normalized spacial score (nSPS) is 30.8. The van der Waals surface area contributed by atoms with Gasteiger partial charge in [-0.25, -0.2) is 0 Å². The van der Waals surface area contributed by atoms with Gasteiger partial charge in [0.05, 0.1) is 13.2 Å². The van der Waals surface area contributed by atoms with Crippen molar-refractivity contribution in [1.82, 2.24) is 10.6 Å². The Morgan fingerprint density at radius 2 is 2.31 bits per heavy atom. The van der Waals surface area contributed by atoms with E-state index in [1.54, 1.807) is 0 Å². The van der Waals surface area contributed by atoms with E-state index in [0.29, 0.717) is 17.5 Å². The monoisotopic (exact) mass is 226 g/mol. The van der Waals surface area contributed by atoms with Gasteiger partial charge in [0.25, 0.3) is 0 Å². The highest BCUT2D eigenvalue weighted by Gasteiger charge is 2.31. The highest BCUT2D eigenvalue weighted by molar-refractivity contribution is 4.86. The highest BCUT2D eigenvalue weighted by Crippen LogP contribution is 2.39. The minimum Gasteiger partial charge on any atom is -0.379 e. The Labute approximate surface area is 99.3 Å². The third-order valence-electron chi connectivity index (χ3n) is 4.07. The molecule has 0 amide bonds. The van der Waals surface area contributed by atoms with Crippen molar-refractivity contribution in [2.45, 2.75) is 51.6 Å². The van der Waals surface area contributed by atoms with E-state index in [1.165, 1.54) is 32.2 Å². The van der Waals surface area contributed by atoms with Crippen LogP contribution in [0.1, 0.15) is 39.5 Å². The lowest BCUT2D eigenvalue weighted by Crippen LogP contribution is -2.47. The zero-order valence-electron chi connectivity index (χ0n) is 10.7. The van der Waals surface area contributed by atoms with Crippen LogP contribution in [0.15, 0.2) is 0 Å². The van der Waals surface area contributed by atoms with Crippen LogP contribution in [0.2, 0.25) is 0 Å². The molecule has 1 aliphatic carbocycles. The molecule has 3 nitrogen and oxygen atoms in total. The van der Waals surface area contributed by atoms with Crippen molar-refractivity contribution in [2.75, 3.05) is 26.3 Å². The first kappa shape index (κ1) is 12.3. The first-order valence-corrected chi connectivity index (χ1v) is 6.72. The van der Waals surface area contributed by atoms with Crippen LogP contribution in [0.4, 0.5) is 0 Å². The van der Waals surface area contributed by atoms with E-state index in [4.69, 9.17) is 4.74 Å². The molecule has 0 aromatic heterocycles. The molecule has 0 bridgehead atoms. The minimum absolute atomic E-state index is 0.547. The molecule has 2 atom stereocenters. The molecular weight excluding hydrogens is 200 g/mol. The second-order valence-electron chi connectivity index (χ2n) is 5.91. The van der Waals surface area contributed by atoms with Crippen molar-refractivity contribution in [3.63, 3.8) is 0 Å². The minimum atomic E-state index is 0.547. The fourth-order valence-corrected chi connectivity index (χ4v) is 2.66. The summed E-state index contributed by atoms with van der Waals surface area (Å²) in [6.45, 7) is 8.63. The van der Waals surface area contributed by atoms with E-state index in [2.05, 4.69) is 24.5 Å². The standard InChI is InChI=1S/C13H26N2O/c1-11(8-12-9-16-7-6-14-12)15-10-13(2)4-3-5-13/h11-12,14-15H,3-10H2,1-2H3. The Morgan fingerprint density at radius 3 is 2.88 bits per heavy atom. The molecule has 16 heavy (non-hydrogen) atoms. The number of hydrogen-bond acceptors (Lipinski definition) is 3. The average Bonchev–Trinajstić information content (AvgIpc) is 2.25. The van der Waals surface area contributed by atoms with E-state index in [1.807, 2.05) is 0 Å². The van der Waals surface area contributed by atoms with Gasteiger partial charge in [0.15, 0.2) is 0 Å². The lowest BCUT2D eigenvalue weighted by Gasteiger charge is -2.39. The molecule has 94 valence electrons. The molecular formula is C13H26N2O. The van der Waals surface area contributed by atoms with E-state index in [-0.39, 0.29) is 0 Å². The molecule has 1 aliphatic heterocycles. The van der Waals surface area contributed by atoms with Gasteiger partial charge in [-0.05, 0) is 31.6 Å². The topological polar surface area (TPSA) is 33.3 Å². The van der Waals surface area contributed by atoms with Crippen molar-refractivity contribution in [3.05, 3.63) is 0 Å². The zero-order chi connectivity index (χ0) is 11.4. The number of nitrogens with one attached hydrogen (secondary N) is 2. The molecule has 3 heteroatoms. The van der Waals surface area contributed by atoms with Crippen LogP contribution in [0, 0.1) is 5.41 Å². The van der Waals surface area contributed by atoms with Crippen molar-refractivity contribution in [1.29, 1.82) is 0 Å². The van der Waals surface area contributed by atoms with Crippen LogP contribution in [0.3, 0.4) is 0 Å². The summed E-state index contributed by atoms with van der Waals surface area (Å²) < 4.78 is 5.47. The third-order valence-corrected chi connectivity index (χ3v) is 4.07. The van der Waals surface area contributed by atoms with Gasteiger partial charge in [0.2, 0.25) is 0 Å². The summed E-state index contributed by atoms with van der Waals surface area (Å²) in [7, 11) is 0. The van der Waals surface area contributed by atoms with Crippen LogP contribution in [0.5, 0.6) is 0 Å². The summed E-state index contributed by atoms with van der Waals surface area (Å²) in [4.78, 5) is 0. The fourth-order valence-electron chi connectivity index (χ4n) is 2.66. The lowest BCUT2D eigenvalue weighted by molar-refractivity contribution is 0.0697. The van der Waals surface area contributed by atoms with Crippen LogP contribution in [-0.2, 0) is 4.74 Å². The van der Waals surface area contributed by atoms with Gasteiger partial charge in [-0.15, -0.1) is 0 Å². The Balaban J connectivity index is 1.61. The van der Waals surface area contributed by atoms with E-state index in [0.717, 1.165) is 19.8 Å². The fraction of sp³-hybridized carbons (Fsp3) is 1.00. The third kappa shape index (κ3) is 3.44. The smallest absolute Gasteiger partial charge is 0.0620 e. The molecule has 1 heterocycles. The molecule has 1 saturated carbocycles. The van der Waals surface area contributed by atoms with E-state index >= 15 is 0 Å². The van der Waals surface area contributed by atoms with Gasteiger partial charge in [0.1, 0.15) is 0 Å². The average molecular weight is 226 g/mol. The largest absolute Gasteiger partial charge is 0.379 e. The van der Waals surface area contributed by atoms with Gasteiger partial charge in [0, 0.05) is 25.2 Å². The van der Waals surface area contributed by atoms with Gasteiger partial charge in [-0.1, -0.05) is 13.3 Å². The van der Waals surface area contributed by atoms with Crippen LogP contribution >= 0.6 is 0 Å². The first-order valence-electron chi connectivity index (χ1n) is 6.72. The predicted molar refractivity (Wildman–Crippen MR) is 66.6 cm³/mol. The van der Waals surface area contributed by atoms with Gasteiger partial charge >= 0.3 is 0 Å². The summed E-state index contributed by atoms with van der Waals surface area (Å²) >= 11 is 0. The quantitative estimate of drug-likeness (QED) is 0.746. The molecule has 2 N–H and O–H groups in total. The SMILES string of the molecule is CC(CC1COCCN1)NCC1(C)CCC1. The predicted octanol–water partition coefficient (Wildman–Crippen LogP) is 1.53. The number of morpholine rings is 1. The first-order chi connectivity index (χ1) is 7.68. The van der Waals surface area contributed by atoms with E-state index in [9.17, 15) is 0 Å². The van der Waals surface area contributed by atoms with Crippen molar-refractivity contribution >= 4 is 0 Å². The number of hydrogen-bond donors (Lipinski definition) is 2. The maximum Gasteiger partial charge on any atom is 0.0620 e. The van der Waals surface area contributed by atoms with Gasteiger partial charge < -0.3 is 15.4 Å². The number of rotatable bonds is 5. The molecule has 0 spiro atoms. The molecule has 2 aliphatic rings. The molecule has 0 aromatic rings. The maximum absolute atomic E-state index is 5.47. The van der Waals surface area contributed by atoms with Crippen LogP contribution in [0.25, 0.3) is 0 Å². The summed E-state index contributed by atoms with van der Waals surface area (Å²) in [5.74, 6) is 0. The molecule has 2 rings (SSSR count). The summed E-state index contributed by atoms with van der Waals surface area (Å²) in [5, 5.41) is 7.19. The van der Waals surface area contributed by atoms with Gasteiger partial charge in [-0.2, -0.15) is 0 Å². The summed E-state index contributed by atoms with van der Waals surface area (Å²) in [5.41, 5.74) is 0.588. The van der Waals surface area contributed by atoms with Crippen LogP contribution in [-0.4, -0.2) is 38.4 Å². The highest BCUT2D eigenvalue weighted by atomic mass is 16.5.